The number of hydrogen-bond acceptors (Lipinski definition) is 6. The van der Waals surface area contributed by atoms with E-state index in [1.807, 2.05) is 85.8 Å². The minimum atomic E-state index is -0.654. The summed E-state index contributed by atoms with van der Waals surface area (Å²) in [7, 11) is 0. The zero-order valence-electron chi connectivity index (χ0n) is 23.4. The third-order valence-corrected chi connectivity index (χ3v) is 8.30. The van der Waals surface area contributed by atoms with Crippen molar-refractivity contribution in [3.8, 4) is 0 Å². The molecule has 1 saturated heterocycles. The summed E-state index contributed by atoms with van der Waals surface area (Å²) in [5.41, 5.74) is 4.69. The molecule has 0 bridgehead atoms. The third-order valence-electron chi connectivity index (χ3n) is 7.20. The number of thioether (sulfide) groups is 1. The van der Waals surface area contributed by atoms with Crippen molar-refractivity contribution in [1.82, 2.24) is 10.6 Å². The molecule has 2 amide bonds. The zero-order valence-corrected chi connectivity index (χ0v) is 24.2. The first-order valence-electron chi connectivity index (χ1n) is 14.0. The summed E-state index contributed by atoms with van der Waals surface area (Å²) in [4.78, 5) is 11.8. The van der Waals surface area contributed by atoms with Crippen LogP contribution >= 0.6 is 11.8 Å². The van der Waals surface area contributed by atoms with Crippen molar-refractivity contribution in [3.05, 3.63) is 136 Å². The van der Waals surface area contributed by atoms with Crippen LogP contribution in [0.25, 0.3) is 0 Å². The fourth-order valence-corrected chi connectivity index (χ4v) is 6.03. The molecule has 1 aliphatic heterocycles. The fourth-order valence-electron chi connectivity index (χ4n) is 5.04. The molecule has 42 heavy (non-hydrogen) atoms. The lowest BCUT2D eigenvalue weighted by atomic mass is 9.84. The molecule has 4 aromatic rings. The molecule has 0 saturated carbocycles. The number of carbonyl (C=O) groups excluding carboxylic acids is 1. The molecule has 5 rings (SSSR count). The lowest BCUT2D eigenvalue weighted by Gasteiger charge is -2.43. The van der Waals surface area contributed by atoms with Crippen LogP contribution < -0.4 is 15.4 Å². The summed E-state index contributed by atoms with van der Waals surface area (Å²) in [5.74, 6) is 0.380. The Morgan fingerprint density at radius 2 is 1.55 bits per heavy atom. The Labute approximate surface area is 250 Å². The number of ether oxygens (including phenoxy) is 2. The predicted molar refractivity (Wildman–Crippen MR) is 161 cm³/mol. The Kier molecular flexibility index (Phi) is 10.1. The quantitative estimate of drug-likeness (QED) is 0.131. The molecule has 0 spiro atoms. The van der Waals surface area contributed by atoms with Crippen LogP contribution in [0.4, 0.5) is 4.79 Å². The molecule has 0 aliphatic carbocycles. The molecule has 9 heteroatoms. The third kappa shape index (κ3) is 7.30. The number of urea groups is 1. The highest BCUT2D eigenvalue weighted by Crippen LogP contribution is 2.47. The van der Waals surface area contributed by atoms with Crippen LogP contribution in [0.2, 0.25) is 0 Å². The second-order valence-electron chi connectivity index (χ2n) is 10.0. The number of nitrogens with zero attached hydrogens (tertiary/aromatic N) is 1. The second kappa shape index (κ2) is 14.3. The van der Waals surface area contributed by atoms with Gasteiger partial charge in [0.15, 0.2) is 12.5 Å². The van der Waals surface area contributed by atoms with Gasteiger partial charge in [0.05, 0.1) is 18.8 Å². The minimum Gasteiger partial charge on any atom is -0.618 e. The second-order valence-corrected chi connectivity index (χ2v) is 11.1. The van der Waals surface area contributed by atoms with E-state index >= 15 is 0 Å². The molecule has 3 aromatic carbocycles. The summed E-state index contributed by atoms with van der Waals surface area (Å²) >= 11 is 1.46. The summed E-state index contributed by atoms with van der Waals surface area (Å²) in [6, 6.07) is 31.0. The van der Waals surface area contributed by atoms with Crippen LogP contribution in [-0.4, -0.2) is 29.5 Å². The number of nitrogens with one attached hydrogen (secondary N) is 2. The number of aliphatic hydroxyl groups is 1. The van der Waals surface area contributed by atoms with Crippen molar-refractivity contribution in [2.75, 3.05) is 12.3 Å². The molecule has 0 radical (unpaired) electrons. The molecule has 2 heterocycles. The van der Waals surface area contributed by atoms with Gasteiger partial charge in [-0.05, 0) is 35.2 Å². The number of pyridine rings is 1. The number of benzene rings is 3. The SMILES string of the molecule is CCNC(=O)NCc1ccc(C2OC(CSc3cccc[n+]3[O-])C(c3ccccc3)C(c3ccc(CO)cc3)O2)cc1. The smallest absolute Gasteiger partial charge is 0.315 e. The summed E-state index contributed by atoms with van der Waals surface area (Å²) < 4.78 is 14.3. The summed E-state index contributed by atoms with van der Waals surface area (Å²) in [6.45, 7) is 2.80. The van der Waals surface area contributed by atoms with E-state index in [1.54, 1.807) is 6.07 Å². The zero-order chi connectivity index (χ0) is 29.3. The predicted octanol–water partition coefficient (Wildman–Crippen LogP) is 5.36. The Hall–Kier alpha value is -3.89. The molecule has 4 atom stereocenters. The van der Waals surface area contributed by atoms with Gasteiger partial charge in [-0.2, -0.15) is 4.73 Å². The molecule has 218 valence electrons. The van der Waals surface area contributed by atoms with Gasteiger partial charge in [0.1, 0.15) is 0 Å². The van der Waals surface area contributed by atoms with E-state index in [9.17, 15) is 15.1 Å². The van der Waals surface area contributed by atoms with Crippen LogP contribution in [0.15, 0.2) is 108 Å². The van der Waals surface area contributed by atoms with Crippen LogP contribution in [0.3, 0.4) is 0 Å². The van der Waals surface area contributed by atoms with E-state index in [0.29, 0.717) is 23.9 Å². The maximum Gasteiger partial charge on any atom is 0.315 e. The van der Waals surface area contributed by atoms with Crippen molar-refractivity contribution in [3.63, 3.8) is 0 Å². The Morgan fingerprint density at radius 1 is 0.857 bits per heavy atom. The molecular formula is C33H35N3O5S. The van der Waals surface area contributed by atoms with Crippen molar-refractivity contribution < 1.29 is 24.1 Å². The number of amides is 2. The Balaban J connectivity index is 1.46. The van der Waals surface area contributed by atoms with Crippen LogP contribution in [0.1, 0.15) is 53.1 Å². The maximum atomic E-state index is 12.4. The van der Waals surface area contributed by atoms with Crippen molar-refractivity contribution in [2.24, 2.45) is 0 Å². The lowest BCUT2D eigenvalue weighted by Crippen LogP contribution is -2.39. The highest BCUT2D eigenvalue weighted by molar-refractivity contribution is 7.99. The highest BCUT2D eigenvalue weighted by atomic mass is 32.2. The molecule has 4 unspecified atom stereocenters. The molecule has 8 nitrogen and oxygen atoms in total. The number of aromatic nitrogens is 1. The number of carbonyl (C=O) groups is 1. The molecule has 3 N–H and O–H groups in total. The fraction of sp³-hybridized carbons (Fsp3) is 0.273. The summed E-state index contributed by atoms with van der Waals surface area (Å²) in [6.07, 6.45) is 0.202. The number of aliphatic hydroxyl groups excluding tert-OH is 1. The molecule has 1 aliphatic rings. The van der Waals surface area contributed by atoms with E-state index in [0.717, 1.165) is 32.5 Å². The first-order chi connectivity index (χ1) is 20.6. The van der Waals surface area contributed by atoms with Crippen LogP contribution in [0.5, 0.6) is 0 Å². The Morgan fingerprint density at radius 3 is 2.24 bits per heavy atom. The van der Waals surface area contributed by atoms with Gasteiger partial charge in [0.2, 0.25) is 0 Å². The van der Waals surface area contributed by atoms with Gasteiger partial charge in [0.25, 0.3) is 5.03 Å². The van der Waals surface area contributed by atoms with Crippen LogP contribution in [0, 0.1) is 5.21 Å². The molecule has 1 aromatic heterocycles. The van der Waals surface area contributed by atoms with Gasteiger partial charge in [-0.3, -0.25) is 0 Å². The highest BCUT2D eigenvalue weighted by Gasteiger charge is 2.42. The van der Waals surface area contributed by atoms with E-state index in [4.69, 9.17) is 9.47 Å². The maximum absolute atomic E-state index is 12.4. The van der Waals surface area contributed by atoms with Gasteiger partial charge in [-0.25, -0.2) is 4.79 Å². The topological polar surface area (TPSA) is 107 Å². The van der Waals surface area contributed by atoms with Gasteiger partial charge in [-0.15, -0.1) is 0 Å². The monoisotopic (exact) mass is 585 g/mol. The lowest BCUT2D eigenvalue weighted by molar-refractivity contribution is -0.645. The van der Waals surface area contributed by atoms with Gasteiger partial charge in [0, 0.05) is 42.5 Å². The van der Waals surface area contributed by atoms with Gasteiger partial charge in [-0.1, -0.05) is 90.6 Å². The average Bonchev–Trinajstić information content (AvgIpc) is 3.04. The first-order valence-corrected chi connectivity index (χ1v) is 15.0. The van der Waals surface area contributed by atoms with Gasteiger partial charge >= 0.3 is 6.03 Å². The van der Waals surface area contributed by atoms with Crippen molar-refractivity contribution >= 4 is 17.8 Å². The van der Waals surface area contributed by atoms with E-state index in [2.05, 4.69) is 22.8 Å². The number of hydrogen-bond donors (Lipinski definition) is 3. The minimum absolute atomic E-state index is 0.0352. The average molecular weight is 586 g/mol. The largest absolute Gasteiger partial charge is 0.618 e. The van der Waals surface area contributed by atoms with E-state index < -0.39 is 6.29 Å². The van der Waals surface area contributed by atoms with E-state index in [-0.39, 0.29) is 30.8 Å². The molecule has 1 fully saturated rings. The number of rotatable bonds is 10. The van der Waals surface area contributed by atoms with Crippen molar-refractivity contribution in [1.29, 1.82) is 0 Å². The van der Waals surface area contributed by atoms with Gasteiger partial charge < -0.3 is 30.4 Å². The molecular weight excluding hydrogens is 550 g/mol. The normalized spacial score (nSPS) is 20.1. The van der Waals surface area contributed by atoms with Crippen LogP contribution in [-0.2, 0) is 22.6 Å². The Bertz CT molecular complexity index is 1440. The van der Waals surface area contributed by atoms with E-state index in [1.165, 1.54) is 18.0 Å². The first kappa shape index (κ1) is 29.6. The van der Waals surface area contributed by atoms with Crippen molar-refractivity contribution in [2.45, 2.75) is 49.5 Å². The summed E-state index contributed by atoms with van der Waals surface area (Å²) in [5, 5.41) is 28.2. The standard InChI is InChI=1S/C33H35N3O5S/c1-2-34-33(38)35-20-23-11-17-27(18-12-23)32-40-28(22-42-29-10-6-7-19-36(29)39)30(25-8-4-3-5-9-25)31(41-32)26-15-13-24(21-37)14-16-26/h3-19,28,30-32,37H,2,20-22H2,1H3,(H2,34,35,38).